The topological polar surface area (TPSA) is 66.6 Å². The van der Waals surface area contributed by atoms with E-state index in [9.17, 15) is 23.1 Å². The Hall–Kier alpha value is -1.87. The average molecular weight is 405 g/mol. The largest absolute Gasteiger partial charge is 0.408 e. The number of likely N-dealkylation sites (N-methyl/N-ethyl adjacent to an activating group) is 1. The summed E-state index contributed by atoms with van der Waals surface area (Å²) in [5.74, 6) is -1.37. The minimum Gasteiger partial charge on any atom is -0.373 e. The van der Waals surface area contributed by atoms with Crippen LogP contribution in [0, 0.1) is 0 Å². The average Bonchev–Trinajstić information content (AvgIpc) is 3.08. The van der Waals surface area contributed by atoms with E-state index in [0.29, 0.717) is 16.2 Å². The second-order valence-corrected chi connectivity index (χ2v) is 6.54. The molecule has 2 atom stereocenters. The Labute approximate surface area is 143 Å². The summed E-state index contributed by atoms with van der Waals surface area (Å²) in [4.78, 5) is 12.7. The van der Waals surface area contributed by atoms with Crippen LogP contribution in [0.25, 0.3) is 11.3 Å². The van der Waals surface area contributed by atoms with E-state index in [1.54, 1.807) is 24.3 Å². The molecule has 0 radical (unpaired) electrons. The maximum atomic E-state index is 13.0. The molecule has 1 amide bonds. The molecular weight excluding hydrogens is 393 g/mol. The van der Waals surface area contributed by atoms with Crippen LogP contribution in [0.2, 0.25) is 0 Å². The molecule has 0 saturated carbocycles. The van der Waals surface area contributed by atoms with Gasteiger partial charge in [-0.3, -0.25) is 4.79 Å². The van der Waals surface area contributed by atoms with Gasteiger partial charge in [-0.2, -0.15) is 13.2 Å². The van der Waals surface area contributed by atoms with Crippen LogP contribution in [0.5, 0.6) is 0 Å². The summed E-state index contributed by atoms with van der Waals surface area (Å²) >= 11 is 3.30. The van der Waals surface area contributed by atoms with Gasteiger partial charge in [0.25, 0.3) is 5.91 Å². The van der Waals surface area contributed by atoms with Gasteiger partial charge in [-0.15, -0.1) is 0 Å². The Balaban J connectivity index is 1.96. The SMILES string of the molecule is CN1C(=O)[C@](O)(c2cc(-c3cccc(Br)c3)no2)C[C@H]1C(F)(F)F. The monoisotopic (exact) mass is 404 g/mol. The zero-order chi connectivity index (χ0) is 17.7. The van der Waals surface area contributed by atoms with Gasteiger partial charge in [0.15, 0.2) is 5.76 Å². The van der Waals surface area contributed by atoms with Gasteiger partial charge in [-0.25, -0.2) is 0 Å². The summed E-state index contributed by atoms with van der Waals surface area (Å²) < 4.78 is 44.8. The predicted molar refractivity (Wildman–Crippen MR) is 80.8 cm³/mol. The number of hydrogen-bond donors (Lipinski definition) is 1. The first-order valence-electron chi connectivity index (χ1n) is 6.92. The van der Waals surface area contributed by atoms with E-state index >= 15 is 0 Å². The maximum Gasteiger partial charge on any atom is 0.408 e. The number of rotatable bonds is 2. The number of aromatic nitrogens is 1. The minimum atomic E-state index is -4.64. The highest BCUT2D eigenvalue weighted by Gasteiger charge is 2.60. The molecule has 3 rings (SSSR count). The van der Waals surface area contributed by atoms with E-state index in [4.69, 9.17) is 4.52 Å². The highest BCUT2D eigenvalue weighted by molar-refractivity contribution is 9.10. The molecule has 1 aliphatic heterocycles. The summed E-state index contributed by atoms with van der Waals surface area (Å²) in [5.41, 5.74) is -1.44. The highest BCUT2D eigenvalue weighted by Crippen LogP contribution is 2.43. The molecule has 2 heterocycles. The van der Waals surface area contributed by atoms with Gasteiger partial charge in [0.05, 0.1) is 0 Å². The standard InChI is InChI=1S/C15H12BrF3N2O3/c1-21-11(15(17,18)19)7-14(23,13(21)22)12-6-10(20-24-12)8-3-2-4-9(16)5-8/h2-6,11,23H,7H2,1H3/t11-,14+/m0/s1. The van der Waals surface area contributed by atoms with Crippen LogP contribution in [0.4, 0.5) is 13.2 Å². The smallest absolute Gasteiger partial charge is 0.373 e. The van der Waals surface area contributed by atoms with Crippen molar-refractivity contribution in [2.45, 2.75) is 24.2 Å². The molecule has 1 aromatic carbocycles. The van der Waals surface area contributed by atoms with Crippen molar-refractivity contribution in [2.24, 2.45) is 0 Å². The first-order chi connectivity index (χ1) is 11.1. The van der Waals surface area contributed by atoms with Gasteiger partial charge in [0.1, 0.15) is 11.7 Å². The van der Waals surface area contributed by atoms with Crippen molar-refractivity contribution in [1.29, 1.82) is 0 Å². The first kappa shape index (κ1) is 17.0. The molecule has 24 heavy (non-hydrogen) atoms. The Bertz CT molecular complexity index is 792. The van der Waals surface area contributed by atoms with E-state index in [1.165, 1.54) is 6.07 Å². The van der Waals surface area contributed by atoms with Crippen molar-refractivity contribution < 1.29 is 27.6 Å². The van der Waals surface area contributed by atoms with Crippen molar-refractivity contribution in [3.8, 4) is 11.3 Å². The molecular formula is C15H12BrF3N2O3. The summed E-state index contributed by atoms with van der Waals surface area (Å²) in [6, 6.07) is 6.20. The van der Waals surface area contributed by atoms with Gasteiger partial charge in [-0.05, 0) is 12.1 Å². The van der Waals surface area contributed by atoms with Gasteiger partial charge in [0, 0.05) is 29.6 Å². The summed E-state index contributed by atoms with van der Waals surface area (Å²) in [6.45, 7) is 0. The molecule has 1 aromatic heterocycles. The van der Waals surface area contributed by atoms with Crippen molar-refractivity contribution in [3.05, 3.63) is 40.6 Å². The van der Waals surface area contributed by atoms with E-state index in [1.807, 2.05) is 0 Å². The van der Waals surface area contributed by atoms with Crippen LogP contribution in [0.3, 0.4) is 0 Å². The fraction of sp³-hybridized carbons (Fsp3) is 0.333. The fourth-order valence-electron chi connectivity index (χ4n) is 2.73. The Morgan fingerprint density at radius 2 is 2.12 bits per heavy atom. The van der Waals surface area contributed by atoms with Gasteiger partial charge >= 0.3 is 6.18 Å². The lowest BCUT2D eigenvalue weighted by atomic mass is 9.95. The number of halogens is 4. The van der Waals surface area contributed by atoms with Gasteiger partial charge < -0.3 is 14.5 Å². The lowest BCUT2D eigenvalue weighted by Crippen LogP contribution is -2.41. The molecule has 0 unspecified atom stereocenters. The molecule has 1 N–H and O–H groups in total. The first-order valence-corrected chi connectivity index (χ1v) is 7.72. The van der Waals surface area contributed by atoms with Crippen molar-refractivity contribution >= 4 is 21.8 Å². The van der Waals surface area contributed by atoms with Crippen molar-refractivity contribution in [3.63, 3.8) is 0 Å². The fourth-order valence-corrected chi connectivity index (χ4v) is 3.13. The number of carbonyl (C=O) groups is 1. The quantitative estimate of drug-likeness (QED) is 0.834. The van der Waals surface area contributed by atoms with Crippen LogP contribution in [-0.4, -0.2) is 40.3 Å². The summed E-state index contributed by atoms with van der Waals surface area (Å²) in [5, 5.41) is 14.3. The van der Waals surface area contributed by atoms with Crippen LogP contribution >= 0.6 is 15.9 Å². The van der Waals surface area contributed by atoms with E-state index in [0.717, 1.165) is 11.5 Å². The molecule has 9 heteroatoms. The van der Waals surface area contributed by atoms with E-state index in [2.05, 4.69) is 21.1 Å². The lowest BCUT2D eigenvalue weighted by Gasteiger charge is -2.21. The Morgan fingerprint density at radius 3 is 2.71 bits per heavy atom. The minimum absolute atomic E-state index is 0.305. The van der Waals surface area contributed by atoms with Crippen LogP contribution in [0.1, 0.15) is 12.2 Å². The Kier molecular flexibility index (Phi) is 3.95. The molecule has 5 nitrogen and oxygen atoms in total. The summed E-state index contributed by atoms with van der Waals surface area (Å²) in [6.07, 6.45) is -5.47. The number of nitrogens with zero attached hydrogens (tertiary/aromatic N) is 2. The molecule has 1 aliphatic rings. The third kappa shape index (κ3) is 2.71. The molecule has 0 spiro atoms. The van der Waals surface area contributed by atoms with E-state index in [-0.39, 0.29) is 5.76 Å². The number of benzene rings is 1. The molecule has 1 saturated heterocycles. The number of amides is 1. The second-order valence-electron chi connectivity index (χ2n) is 5.62. The molecule has 0 bridgehead atoms. The van der Waals surface area contributed by atoms with Crippen molar-refractivity contribution in [1.82, 2.24) is 10.1 Å². The third-order valence-corrected chi connectivity index (χ3v) is 4.54. The molecule has 1 fully saturated rings. The lowest BCUT2D eigenvalue weighted by molar-refractivity contribution is -0.177. The number of hydrogen-bond acceptors (Lipinski definition) is 4. The normalized spacial score (nSPS) is 24.7. The third-order valence-electron chi connectivity index (χ3n) is 4.05. The number of carbonyl (C=O) groups excluding carboxylic acids is 1. The zero-order valence-electron chi connectivity index (χ0n) is 12.3. The molecule has 0 aliphatic carbocycles. The summed E-state index contributed by atoms with van der Waals surface area (Å²) in [7, 11) is 1.00. The van der Waals surface area contributed by atoms with Crippen LogP contribution in [-0.2, 0) is 10.4 Å². The number of aliphatic hydroxyl groups is 1. The van der Waals surface area contributed by atoms with E-state index < -0.39 is 30.1 Å². The second kappa shape index (κ2) is 5.59. The van der Waals surface area contributed by atoms with Gasteiger partial charge in [0.2, 0.25) is 5.60 Å². The highest BCUT2D eigenvalue weighted by atomic mass is 79.9. The predicted octanol–water partition coefficient (Wildman–Crippen LogP) is 3.08. The maximum absolute atomic E-state index is 13.0. The molecule has 128 valence electrons. The van der Waals surface area contributed by atoms with Crippen LogP contribution in [0.15, 0.2) is 39.3 Å². The number of likely N-dealkylation sites (tertiary alicyclic amines) is 1. The zero-order valence-corrected chi connectivity index (χ0v) is 13.9. The molecule has 2 aromatic rings. The number of alkyl halides is 3. The Morgan fingerprint density at radius 1 is 1.42 bits per heavy atom. The van der Waals surface area contributed by atoms with Crippen molar-refractivity contribution in [2.75, 3.05) is 7.05 Å². The van der Waals surface area contributed by atoms with Crippen LogP contribution < -0.4 is 0 Å². The van der Waals surface area contributed by atoms with Gasteiger partial charge in [-0.1, -0.05) is 33.2 Å².